The summed E-state index contributed by atoms with van der Waals surface area (Å²) in [5.74, 6) is 0.344. The second-order valence-corrected chi connectivity index (χ2v) is 5.50. The number of piperidine rings is 1. The van der Waals surface area contributed by atoms with Gasteiger partial charge in [-0.25, -0.2) is 0 Å². The second-order valence-electron chi connectivity index (χ2n) is 4.02. The lowest BCUT2D eigenvalue weighted by atomic mass is 10.1. The van der Waals surface area contributed by atoms with E-state index in [0.717, 1.165) is 25.0 Å². The second kappa shape index (κ2) is 4.97. The van der Waals surface area contributed by atoms with Crippen molar-refractivity contribution >= 4 is 16.2 Å². The van der Waals surface area contributed by atoms with Crippen molar-refractivity contribution in [1.82, 2.24) is 4.90 Å². The molecule has 0 spiro atoms. The molecular formula is C10H16N2O3S. The Labute approximate surface area is 95.9 Å². The molecular weight excluding hydrogens is 228 g/mol. The van der Waals surface area contributed by atoms with Gasteiger partial charge in [-0.2, -0.15) is 12.8 Å². The summed E-state index contributed by atoms with van der Waals surface area (Å²) in [5.41, 5.74) is 0. The smallest absolute Gasteiger partial charge is 0.279 e. The maximum atomic E-state index is 10.9. The predicted molar refractivity (Wildman–Crippen MR) is 61.7 cm³/mol. The van der Waals surface area contributed by atoms with Crippen molar-refractivity contribution in [3.63, 3.8) is 0 Å². The molecule has 2 aliphatic heterocycles. The zero-order valence-corrected chi connectivity index (χ0v) is 9.95. The number of hydrogen-bond acceptors (Lipinski definition) is 4. The quantitative estimate of drug-likeness (QED) is 0.732. The third kappa shape index (κ3) is 3.31. The zero-order valence-electron chi connectivity index (χ0n) is 9.13. The van der Waals surface area contributed by atoms with Gasteiger partial charge in [-0.1, -0.05) is 6.42 Å². The molecule has 90 valence electrons. The molecule has 0 saturated carbocycles. The van der Waals surface area contributed by atoms with Crippen LogP contribution in [0.2, 0.25) is 0 Å². The first-order valence-corrected chi connectivity index (χ1v) is 7.03. The van der Waals surface area contributed by atoms with Crippen LogP contribution >= 0.6 is 0 Å². The van der Waals surface area contributed by atoms with Crippen LogP contribution in [-0.4, -0.2) is 45.8 Å². The van der Waals surface area contributed by atoms with Crippen molar-refractivity contribution in [3.05, 3.63) is 11.2 Å². The Morgan fingerprint density at radius 1 is 1.31 bits per heavy atom. The van der Waals surface area contributed by atoms with Gasteiger partial charge in [0.1, 0.15) is 6.61 Å². The van der Waals surface area contributed by atoms with E-state index in [9.17, 15) is 8.42 Å². The maximum absolute atomic E-state index is 10.9. The van der Waals surface area contributed by atoms with Gasteiger partial charge >= 0.3 is 0 Å². The minimum atomic E-state index is -3.38. The summed E-state index contributed by atoms with van der Waals surface area (Å²) in [4.78, 5) is 2.34. The first-order valence-electron chi connectivity index (χ1n) is 5.53. The summed E-state index contributed by atoms with van der Waals surface area (Å²) < 4.78 is 30.5. The molecule has 0 aromatic carbocycles. The van der Waals surface area contributed by atoms with Gasteiger partial charge in [-0.15, -0.1) is 0 Å². The van der Waals surface area contributed by atoms with Crippen LogP contribution in [0, 0.1) is 0 Å². The minimum Gasteiger partial charge on any atom is -0.490 e. The fourth-order valence-electron chi connectivity index (χ4n) is 1.88. The van der Waals surface area contributed by atoms with Crippen LogP contribution < -0.4 is 0 Å². The Morgan fingerprint density at radius 3 is 2.69 bits per heavy atom. The van der Waals surface area contributed by atoms with E-state index in [0.29, 0.717) is 12.4 Å². The SMILES string of the molecule is O=S1(=O)C=C(OCCN2CCCCC2)C=N1. The van der Waals surface area contributed by atoms with Gasteiger partial charge < -0.3 is 4.74 Å². The number of allylic oxidation sites excluding steroid dienone is 1. The summed E-state index contributed by atoms with van der Waals surface area (Å²) >= 11 is 0. The summed E-state index contributed by atoms with van der Waals surface area (Å²) in [6.07, 6.45) is 5.07. The molecule has 1 saturated heterocycles. The van der Waals surface area contributed by atoms with E-state index >= 15 is 0 Å². The first kappa shape index (κ1) is 11.6. The molecule has 2 rings (SSSR count). The van der Waals surface area contributed by atoms with Crippen molar-refractivity contribution in [2.45, 2.75) is 19.3 Å². The highest BCUT2D eigenvalue weighted by Crippen LogP contribution is 2.11. The average Bonchev–Trinajstić information content (AvgIpc) is 2.60. The monoisotopic (exact) mass is 244 g/mol. The number of likely N-dealkylation sites (tertiary alicyclic amines) is 1. The number of ether oxygens (including phenoxy) is 1. The molecule has 0 aliphatic carbocycles. The molecule has 2 heterocycles. The Kier molecular flexibility index (Phi) is 3.60. The lowest BCUT2D eigenvalue weighted by Gasteiger charge is -2.26. The molecule has 0 aromatic heterocycles. The van der Waals surface area contributed by atoms with E-state index in [2.05, 4.69) is 9.30 Å². The number of rotatable bonds is 4. The fraction of sp³-hybridized carbons (Fsp3) is 0.700. The van der Waals surface area contributed by atoms with Crippen LogP contribution in [0.5, 0.6) is 0 Å². The highest BCUT2D eigenvalue weighted by atomic mass is 32.2. The maximum Gasteiger partial charge on any atom is 0.279 e. The molecule has 0 N–H and O–H groups in total. The summed E-state index contributed by atoms with van der Waals surface area (Å²) in [6.45, 7) is 3.61. The van der Waals surface area contributed by atoms with E-state index in [1.165, 1.54) is 25.5 Å². The third-order valence-corrected chi connectivity index (χ3v) is 3.65. The fourth-order valence-corrected chi connectivity index (χ4v) is 2.61. The van der Waals surface area contributed by atoms with Crippen molar-refractivity contribution in [1.29, 1.82) is 0 Å². The van der Waals surface area contributed by atoms with Crippen LogP contribution in [0.1, 0.15) is 19.3 Å². The topological polar surface area (TPSA) is 59.0 Å². The molecule has 0 amide bonds. The Balaban J connectivity index is 1.71. The van der Waals surface area contributed by atoms with Gasteiger partial charge in [0, 0.05) is 6.54 Å². The van der Waals surface area contributed by atoms with Crippen LogP contribution in [0.3, 0.4) is 0 Å². The number of sulfonamides is 1. The van der Waals surface area contributed by atoms with Gasteiger partial charge in [-0.05, 0) is 25.9 Å². The van der Waals surface area contributed by atoms with E-state index in [1.54, 1.807) is 0 Å². The zero-order chi connectivity index (χ0) is 11.4. The minimum absolute atomic E-state index is 0.344. The summed E-state index contributed by atoms with van der Waals surface area (Å²) in [7, 11) is -3.38. The molecule has 0 aromatic rings. The first-order chi connectivity index (χ1) is 7.66. The van der Waals surface area contributed by atoms with Crippen molar-refractivity contribution < 1.29 is 13.2 Å². The normalized spacial score (nSPS) is 24.4. The van der Waals surface area contributed by atoms with Crippen molar-refractivity contribution in [2.24, 2.45) is 4.40 Å². The molecule has 0 atom stereocenters. The van der Waals surface area contributed by atoms with Crippen molar-refractivity contribution in [3.8, 4) is 0 Å². The van der Waals surface area contributed by atoms with E-state index in [4.69, 9.17) is 4.74 Å². The highest BCUT2D eigenvalue weighted by molar-refractivity contribution is 7.93. The van der Waals surface area contributed by atoms with Crippen molar-refractivity contribution in [2.75, 3.05) is 26.2 Å². The molecule has 16 heavy (non-hydrogen) atoms. The lowest BCUT2D eigenvalue weighted by Crippen LogP contribution is -2.32. The molecule has 2 aliphatic rings. The highest BCUT2D eigenvalue weighted by Gasteiger charge is 2.14. The Hall–Kier alpha value is -0.880. The van der Waals surface area contributed by atoms with Crippen LogP contribution in [0.4, 0.5) is 0 Å². The van der Waals surface area contributed by atoms with E-state index in [-0.39, 0.29) is 0 Å². The van der Waals surface area contributed by atoms with E-state index in [1.807, 2.05) is 0 Å². The average molecular weight is 244 g/mol. The summed E-state index contributed by atoms with van der Waals surface area (Å²) in [5, 5.41) is 1.06. The molecule has 1 fully saturated rings. The molecule has 0 bridgehead atoms. The Bertz CT molecular complexity index is 394. The largest absolute Gasteiger partial charge is 0.490 e. The van der Waals surface area contributed by atoms with Gasteiger partial charge in [0.05, 0.1) is 11.6 Å². The molecule has 5 nitrogen and oxygen atoms in total. The molecule has 0 unspecified atom stereocenters. The third-order valence-electron chi connectivity index (χ3n) is 2.72. The van der Waals surface area contributed by atoms with Crippen LogP contribution in [0.25, 0.3) is 0 Å². The van der Waals surface area contributed by atoms with E-state index < -0.39 is 10.0 Å². The Morgan fingerprint density at radius 2 is 2.06 bits per heavy atom. The summed E-state index contributed by atoms with van der Waals surface area (Å²) in [6, 6.07) is 0. The van der Waals surface area contributed by atoms with Gasteiger partial charge in [0.25, 0.3) is 10.0 Å². The van der Waals surface area contributed by atoms with Gasteiger partial charge in [-0.3, -0.25) is 4.90 Å². The number of hydrogen-bond donors (Lipinski definition) is 0. The molecule has 0 radical (unpaired) electrons. The van der Waals surface area contributed by atoms with Crippen LogP contribution in [-0.2, 0) is 14.8 Å². The number of nitrogens with zero attached hydrogens (tertiary/aromatic N) is 2. The standard InChI is InChI=1S/C10H16N2O3S/c13-16(14)9-10(8-11-16)15-7-6-12-4-2-1-3-5-12/h8-9H,1-7H2. The van der Waals surface area contributed by atoms with Gasteiger partial charge in [0.15, 0.2) is 5.76 Å². The predicted octanol–water partition coefficient (Wildman–Crippen LogP) is 0.745. The van der Waals surface area contributed by atoms with Gasteiger partial charge in [0.2, 0.25) is 0 Å². The molecule has 6 heteroatoms. The lowest BCUT2D eigenvalue weighted by molar-refractivity contribution is 0.153. The van der Waals surface area contributed by atoms with Crippen LogP contribution in [0.15, 0.2) is 15.6 Å².